The third kappa shape index (κ3) is 9.12. The molecule has 0 spiro atoms. The lowest BCUT2D eigenvalue weighted by atomic mass is 9.82. The first-order valence-corrected chi connectivity index (χ1v) is 16.2. The van der Waals surface area contributed by atoms with Gasteiger partial charge in [-0.15, -0.1) is 0 Å². The molecule has 1 fully saturated rings. The number of pyridine rings is 2. The van der Waals surface area contributed by atoms with E-state index in [1.54, 1.807) is 7.11 Å². The van der Waals surface area contributed by atoms with Gasteiger partial charge in [0.2, 0.25) is 0 Å². The number of piperidine rings is 1. The number of aromatic nitrogens is 2. The third-order valence-electron chi connectivity index (χ3n) is 8.22. The summed E-state index contributed by atoms with van der Waals surface area (Å²) < 4.78 is 23.4. The second-order valence-electron chi connectivity index (χ2n) is 14.1. The molecule has 9 heteroatoms. The molecule has 1 aliphatic heterocycles. The summed E-state index contributed by atoms with van der Waals surface area (Å²) in [5.74, 6) is 2.01. The highest BCUT2D eigenvalue weighted by molar-refractivity contribution is 5.87. The fraction of sp³-hybridized carbons (Fsp3) is 0.541. The highest BCUT2D eigenvalue weighted by atomic mass is 16.6. The molecule has 0 aliphatic carbocycles. The second kappa shape index (κ2) is 14.7. The number of ether oxygens (including phenoxy) is 4. The maximum absolute atomic E-state index is 13.7. The van der Waals surface area contributed by atoms with E-state index in [4.69, 9.17) is 28.9 Å². The van der Waals surface area contributed by atoms with E-state index in [-0.39, 0.29) is 11.5 Å². The van der Waals surface area contributed by atoms with Crippen LogP contribution in [0, 0.1) is 12.3 Å². The third-order valence-corrected chi connectivity index (χ3v) is 8.22. The average Bonchev–Trinajstić information content (AvgIpc) is 2.99. The molecule has 4 rings (SSSR count). The van der Waals surface area contributed by atoms with Crippen LogP contribution in [0.3, 0.4) is 0 Å². The number of carbonyl (C=O) groups is 1. The minimum atomic E-state index is -0.927. The van der Waals surface area contributed by atoms with Gasteiger partial charge in [-0.25, -0.2) is 9.78 Å². The lowest BCUT2D eigenvalue weighted by Crippen LogP contribution is -2.39. The number of methoxy groups -OCH3 is 1. The van der Waals surface area contributed by atoms with Crippen molar-refractivity contribution in [2.75, 3.05) is 50.2 Å². The van der Waals surface area contributed by atoms with Gasteiger partial charge in [0.25, 0.3) is 0 Å². The molecular formula is C37H52N4O5. The van der Waals surface area contributed by atoms with Crippen LogP contribution in [-0.4, -0.2) is 68.0 Å². The molecule has 3 aromatic rings. The highest BCUT2D eigenvalue weighted by Gasteiger charge is 2.37. The molecule has 1 atom stereocenters. The van der Waals surface area contributed by atoms with Crippen molar-refractivity contribution < 1.29 is 23.7 Å². The normalized spacial score (nSPS) is 15.4. The SMILES string of the molecule is COc1ccc(OCCN(C)c2ccc(-c3cnc(C)c([C@H](OC(C)(C)C)C(=O)OC(C)C)c3N3CCC(C)(C)CC3)cn2)cc1. The molecule has 250 valence electrons. The molecule has 1 aromatic carbocycles. The van der Waals surface area contributed by atoms with Gasteiger partial charge in [-0.2, -0.15) is 0 Å². The molecule has 2 aromatic heterocycles. The van der Waals surface area contributed by atoms with E-state index in [1.807, 2.05) is 91.3 Å². The number of aryl methyl sites for hydroxylation is 1. The summed E-state index contributed by atoms with van der Waals surface area (Å²) in [5.41, 5.74) is 3.98. The standard InChI is InChI=1S/C37H52N4O5/c1-25(2)45-35(42)34(46-36(4,5)6)32-26(3)38-24-30(33(32)41-19-17-37(7,8)18-20-41)27-11-16-31(39-23-27)40(9)21-22-44-29-14-12-28(43-10)13-15-29/h11-16,23-25,34H,17-22H2,1-10H3/t34-/m0/s1. The van der Waals surface area contributed by atoms with Crippen molar-refractivity contribution in [3.8, 4) is 22.6 Å². The van der Waals surface area contributed by atoms with Crippen molar-refractivity contribution in [2.24, 2.45) is 5.41 Å². The van der Waals surface area contributed by atoms with E-state index in [1.165, 1.54) is 0 Å². The minimum absolute atomic E-state index is 0.252. The Hall–Kier alpha value is -3.85. The van der Waals surface area contributed by atoms with Gasteiger partial charge in [-0.05, 0) is 96.2 Å². The van der Waals surface area contributed by atoms with Crippen LogP contribution in [0.4, 0.5) is 11.5 Å². The van der Waals surface area contributed by atoms with E-state index in [2.05, 4.69) is 29.7 Å². The molecule has 0 radical (unpaired) electrons. The van der Waals surface area contributed by atoms with Gasteiger partial charge in [0.15, 0.2) is 6.10 Å². The summed E-state index contributed by atoms with van der Waals surface area (Å²) in [6, 6.07) is 11.7. The smallest absolute Gasteiger partial charge is 0.340 e. The average molecular weight is 633 g/mol. The first kappa shape index (κ1) is 35.0. The largest absolute Gasteiger partial charge is 0.497 e. The van der Waals surface area contributed by atoms with E-state index in [0.29, 0.717) is 13.2 Å². The van der Waals surface area contributed by atoms with E-state index < -0.39 is 17.7 Å². The molecule has 0 amide bonds. The molecule has 1 saturated heterocycles. The number of benzene rings is 1. The highest BCUT2D eigenvalue weighted by Crippen LogP contribution is 2.43. The van der Waals surface area contributed by atoms with Gasteiger partial charge < -0.3 is 28.7 Å². The van der Waals surface area contributed by atoms with Gasteiger partial charge in [0.1, 0.15) is 23.9 Å². The van der Waals surface area contributed by atoms with Crippen molar-refractivity contribution >= 4 is 17.5 Å². The van der Waals surface area contributed by atoms with Gasteiger partial charge in [0.05, 0.1) is 31.0 Å². The molecule has 0 bridgehead atoms. The Balaban J connectivity index is 1.66. The molecule has 0 unspecified atom stereocenters. The topological polar surface area (TPSA) is 86.2 Å². The van der Waals surface area contributed by atoms with Crippen molar-refractivity contribution in [3.63, 3.8) is 0 Å². The minimum Gasteiger partial charge on any atom is -0.497 e. The zero-order valence-electron chi connectivity index (χ0n) is 29.3. The Morgan fingerprint density at radius 1 is 1.00 bits per heavy atom. The summed E-state index contributed by atoms with van der Waals surface area (Å²) in [6.07, 6.45) is 4.66. The van der Waals surface area contributed by atoms with E-state index in [9.17, 15) is 4.79 Å². The number of hydrogen-bond donors (Lipinski definition) is 0. The first-order valence-electron chi connectivity index (χ1n) is 16.2. The zero-order chi connectivity index (χ0) is 33.6. The Morgan fingerprint density at radius 3 is 2.22 bits per heavy atom. The molecule has 0 saturated carbocycles. The van der Waals surface area contributed by atoms with Gasteiger partial charge >= 0.3 is 5.97 Å². The number of likely N-dealkylation sites (N-methyl/N-ethyl adjacent to an activating group) is 1. The van der Waals surface area contributed by atoms with Crippen LogP contribution in [0.25, 0.3) is 11.1 Å². The van der Waals surface area contributed by atoms with E-state index >= 15 is 0 Å². The lowest BCUT2D eigenvalue weighted by molar-refractivity contribution is -0.171. The maximum atomic E-state index is 13.7. The van der Waals surface area contributed by atoms with Crippen LogP contribution in [0.15, 0.2) is 48.8 Å². The van der Waals surface area contributed by atoms with E-state index in [0.717, 1.165) is 71.3 Å². The van der Waals surface area contributed by atoms with Gasteiger partial charge in [-0.3, -0.25) is 4.98 Å². The van der Waals surface area contributed by atoms with Crippen LogP contribution in [0.1, 0.15) is 78.7 Å². The summed E-state index contributed by atoms with van der Waals surface area (Å²) in [5, 5.41) is 0. The Kier molecular flexibility index (Phi) is 11.2. The number of esters is 1. The number of anilines is 2. The summed E-state index contributed by atoms with van der Waals surface area (Å²) in [6.45, 7) is 19.1. The zero-order valence-corrected chi connectivity index (χ0v) is 29.3. The van der Waals surface area contributed by atoms with Crippen molar-refractivity contribution in [3.05, 3.63) is 60.0 Å². The van der Waals surface area contributed by atoms with Gasteiger partial charge in [0, 0.05) is 54.9 Å². The molecule has 46 heavy (non-hydrogen) atoms. The fourth-order valence-electron chi connectivity index (χ4n) is 5.54. The number of nitrogens with zero attached hydrogens (tertiary/aromatic N) is 4. The number of rotatable bonds is 12. The predicted molar refractivity (Wildman–Crippen MR) is 184 cm³/mol. The first-order chi connectivity index (χ1) is 21.7. The van der Waals surface area contributed by atoms with Gasteiger partial charge in [-0.1, -0.05) is 13.8 Å². The molecule has 0 N–H and O–H groups in total. The molecule has 3 heterocycles. The molecular weight excluding hydrogens is 580 g/mol. The Morgan fingerprint density at radius 2 is 1.65 bits per heavy atom. The maximum Gasteiger partial charge on any atom is 0.340 e. The molecule has 9 nitrogen and oxygen atoms in total. The summed E-state index contributed by atoms with van der Waals surface area (Å²) >= 11 is 0. The summed E-state index contributed by atoms with van der Waals surface area (Å²) in [7, 11) is 3.65. The number of carbonyl (C=O) groups excluding carboxylic acids is 1. The lowest BCUT2D eigenvalue weighted by Gasteiger charge is -2.41. The molecule has 1 aliphatic rings. The quantitative estimate of drug-likeness (QED) is 0.190. The van der Waals surface area contributed by atoms with Crippen LogP contribution in [0.5, 0.6) is 11.5 Å². The monoisotopic (exact) mass is 632 g/mol. The van der Waals surface area contributed by atoms with Crippen LogP contribution in [0.2, 0.25) is 0 Å². The Bertz CT molecular complexity index is 1440. The van der Waals surface area contributed by atoms with Crippen molar-refractivity contribution in [1.82, 2.24) is 9.97 Å². The van der Waals surface area contributed by atoms with Crippen LogP contribution >= 0.6 is 0 Å². The van der Waals surface area contributed by atoms with Crippen LogP contribution in [-0.2, 0) is 14.3 Å². The van der Waals surface area contributed by atoms with Crippen LogP contribution < -0.4 is 19.3 Å². The summed E-state index contributed by atoms with van der Waals surface area (Å²) in [4.78, 5) is 27.8. The van der Waals surface area contributed by atoms with Crippen molar-refractivity contribution in [1.29, 1.82) is 0 Å². The number of hydrogen-bond acceptors (Lipinski definition) is 9. The Labute approximate surface area is 275 Å². The predicted octanol–water partition coefficient (Wildman–Crippen LogP) is 7.41. The fourth-order valence-corrected chi connectivity index (χ4v) is 5.54. The second-order valence-corrected chi connectivity index (χ2v) is 14.1. The van der Waals surface area contributed by atoms with Crippen molar-refractivity contribution in [2.45, 2.75) is 86.0 Å².